The molecular formula is C7H15NO. The first kappa shape index (κ1) is 8.47. The summed E-state index contributed by atoms with van der Waals surface area (Å²) in [4.78, 5) is 0. The fourth-order valence-corrected chi connectivity index (χ4v) is 0.720. The fourth-order valence-electron chi connectivity index (χ4n) is 0.720. The molecule has 9 heavy (non-hydrogen) atoms. The Hall–Kier alpha value is -0.530. The van der Waals surface area contributed by atoms with E-state index >= 15 is 0 Å². The molecular weight excluding hydrogens is 114 g/mol. The normalized spacial score (nSPS) is 10.8. The summed E-state index contributed by atoms with van der Waals surface area (Å²) >= 11 is 0. The van der Waals surface area contributed by atoms with Crippen LogP contribution in [0.4, 0.5) is 0 Å². The van der Waals surface area contributed by atoms with Crippen LogP contribution in [-0.2, 0) is 0 Å². The van der Waals surface area contributed by atoms with Crippen LogP contribution in [-0.4, -0.2) is 11.4 Å². The van der Waals surface area contributed by atoms with Gasteiger partial charge in [0.15, 0.2) is 0 Å². The summed E-state index contributed by atoms with van der Waals surface area (Å²) in [6, 6.07) is 0. The molecule has 0 unspecified atom stereocenters. The molecule has 0 saturated heterocycles. The van der Waals surface area contributed by atoms with Crippen molar-refractivity contribution in [1.82, 2.24) is 0 Å². The zero-order chi connectivity index (χ0) is 6.95. The van der Waals surface area contributed by atoms with Crippen LogP contribution in [0.2, 0.25) is 0 Å². The molecule has 0 aromatic rings. The Morgan fingerprint density at radius 1 is 1.33 bits per heavy atom. The van der Waals surface area contributed by atoms with Crippen LogP contribution in [0.15, 0.2) is 5.16 Å². The molecule has 1 N–H and O–H groups in total. The first-order valence-corrected chi connectivity index (χ1v) is 3.57. The minimum Gasteiger partial charge on any atom is -0.411 e. The maximum Gasteiger partial charge on any atom is 0.0435 e. The summed E-state index contributed by atoms with van der Waals surface area (Å²) in [6.07, 6.45) is 7.42. The highest BCUT2D eigenvalue weighted by Crippen LogP contribution is 1.99. The second-order valence-corrected chi connectivity index (χ2v) is 2.15. The quantitative estimate of drug-likeness (QED) is 0.263. The van der Waals surface area contributed by atoms with Gasteiger partial charge in [-0.25, -0.2) is 0 Å². The van der Waals surface area contributed by atoms with E-state index in [2.05, 4.69) is 12.1 Å². The Bertz CT molecular complexity index is 71.3. The molecule has 0 rings (SSSR count). The van der Waals surface area contributed by atoms with Crippen LogP contribution >= 0.6 is 0 Å². The van der Waals surface area contributed by atoms with Gasteiger partial charge in [0.2, 0.25) is 0 Å². The molecule has 0 aromatic heterocycles. The first-order chi connectivity index (χ1) is 4.41. The van der Waals surface area contributed by atoms with E-state index in [0.717, 1.165) is 12.8 Å². The molecule has 0 radical (unpaired) electrons. The van der Waals surface area contributed by atoms with E-state index in [1.54, 1.807) is 6.21 Å². The third-order valence-electron chi connectivity index (χ3n) is 1.27. The van der Waals surface area contributed by atoms with Gasteiger partial charge in [0.1, 0.15) is 0 Å². The average Bonchev–Trinajstić information content (AvgIpc) is 1.89. The number of hydrogen-bond acceptors (Lipinski definition) is 2. The van der Waals surface area contributed by atoms with Gasteiger partial charge in [-0.3, -0.25) is 0 Å². The molecule has 54 valence electrons. The summed E-state index contributed by atoms with van der Waals surface area (Å²) in [6.45, 7) is 2.18. The van der Waals surface area contributed by atoms with Crippen molar-refractivity contribution in [3.63, 3.8) is 0 Å². The Labute approximate surface area is 56.6 Å². The van der Waals surface area contributed by atoms with Gasteiger partial charge in [0, 0.05) is 6.21 Å². The molecule has 2 heteroatoms. The van der Waals surface area contributed by atoms with Gasteiger partial charge in [-0.05, 0) is 12.8 Å². The van der Waals surface area contributed by atoms with Crippen molar-refractivity contribution in [1.29, 1.82) is 0 Å². The highest BCUT2D eigenvalue weighted by molar-refractivity contribution is 5.55. The molecule has 0 aromatic carbocycles. The summed E-state index contributed by atoms with van der Waals surface area (Å²) in [5.41, 5.74) is 0. The number of unbranched alkanes of at least 4 members (excludes halogenated alkanes) is 4. The maximum atomic E-state index is 7.99. The lowest BCUT2D eigenvalue weighted by atomic mass is 10.2. The predicted molar refractivity (Wildman–Crippen MR) is 39.0 cm³/mol. The fraction of sp³-hybridized carbons (Fsp3) is 0.857. The van der Waals surface area contributed by atoms with Crippen LogP contribution in [0.5, 0.6) is 0 Å². The largest absolute Gasteiger partial charge is 0.411 e. The van der Waals surface area contributed by atoms with Crippen LogP contribution in [0, 0.1) is 0 Å². The van der Waals surface area contributed by atoms with Gasteiger partial charge in [-0.2, -0.15) is 0 Å². The molecule has 0 fully saturated rings. The SMILES string of the molecule is CCCCCCC=NO. The molecule has 0 bridgehead atoms. The molecule has 0 aliphatic carbocycles. The number of rotatable bonds is 5. The highest BCUT2D eigenvalue weighted by Gasteiger charge is 1.83. The molecule has 0 aliphatic heterocycles. The van der Waals surface area contributed by atoms with Gasteiger partial charge in [0.05, 0.1) is 0 Å². The van der Waals surface area contributed by atoms with Gasteiger partial charge >= 0.3 is 0 Å². The minimum absolute atomic E-state index is 0.913. The van der Waals surface area contributed by atoms with Crippen LogP contribution in [0.1, 0.15) is 39.0 Å². The van der Waals surface area contributed by atoms with Crippen molar-refractivity contribution < 1.29 is 5.21 Å². The second-order valence-electron chi connectivity index (χ2n) is 2.15. The third-order valence-corrected chi connectivity index (χ3v) is 1.27. The van der Waals surface area contributed by atoms with Crippen LogP contribution < -0.4 is 0 Å². The summed E-state index contributed by atoms with van der Waals surface area (Å²) in [7, 11) is 0. The Morgan fingerprint density at radius 2 is 2.11 bits per heavy atom. The van der Waals surface area contributed by atoms with E-state index in [1.807, 2.05) is 0 Å². The molecule has 0 heterocycles. The minimum atomic E-state index is 0.913. The molecule has 2 nitrogen and oxygen atoms in total. The van der Waals surface area contributed by atoms with Crippen molar-refractivity contribution >= 4 is 6.21 Å². The number of oxime groups is 1. The predicted octanol–water partition coefficient (Wildman–Crippen LogP) is 2.42. The topological polar surface area (TPSA) is 32.6 Å². The highest BCUT2D eigenvalue weighted by atomic mass is 16.4. The van der Waals surface area contributed by atoms with E-state index in [0.29, 0.717) is 0 Å². The van der Waals surface area contributed by atoms with E-state index in [4.69, 9.17) is 5.21 Å². The van der Waals surface area contributed by atoms with Crippen molar-refractivity contribution in [2.24, 2.45) is 5.16 Å². The van der Waals surface area contributed by atoms with Crippen LogP contribution in [0.25, 0.3) is 0 Å². The van der Waals surface area contributed by atoms with Gasteiger partial charge in [-0.15, -0.1) is 5.16 Å². The van der Waals surface area contributed by atoms with Crippen LogP contribution in [0.3, 0.4) is 0 Å². The maximum absolute atomic E-state index is 7.99. The molecule has 0 saturated carbocycles. The second kappa shape index (κ2) is 7.47. The van der Waals surface area contributed by atoms with Crippen molar-refractivity contribution in [2.45, 2.75) is 39.0 Å². The lowest BCUT2D eigenvalue weighted by molar-refractivity contribution is 0.320. The zero-order valence-corrected chi connectivity index (χ0v) is 6.01. The van der Waals surface area contributed by atoms with E-state index in [1.165, 1.54) is 19.3 Å². The first-order valence-electron chi connectivity index (χ1n) is 3.57. The van der Waals surface area contributed by atoms with E-state index in [-0.39, 0.29) is 0 Å². The Balaban J connectivity index is 2.75. The summed E-state index contributed by atoms with van der Waals surface area (Å²) in [5, 5.41) is 10.9. The molecule has 0 spiro atoms. The van der Waals surface area contributed by atoms with Crippen molar-refractivity contribution in [3.8, 4) is 0 Å². The Morgan fingerprint density at radius 3 is 2.67 bits per heavy atom. The Kier molecular flexibility index (Phi) is 7.03. The lowest BCUT2D eigenvalue weighted by Gasteiger charge is -1.91. The molecule has 0 aliphatic rings. The van der Waals surface area contributed by atoms with Crippen molar-refractivity contribution in [3.05, 3.63) is 0 Å². The lowest BCUT2D eigenvalue weighted by Crippen LogP contribution is -1.77. The van der Waals surface area contributed by atoms with Gasteiger partial charge < -0.3 is 5.21 Å². The van der Waals surface area contributed by atoms with E-state index in [9.17, 15) is 0 Å². The average molecular weight is 129 g/mol. The molecule has 0 atom stereocenters. The number of nitrogens with zero attached hydrogens (tertiary/aromatic N) is 1. The third kappa shape index (κ3) is 7.47. The monoisotopic (exact) mass is 129 g/mol. The zero-order valence-electron chi connectivity index (χ0n) is 6.01. The summed E-state index contributed by atoms with van der Waals surface area (Å²) in [5.74, 6) is 0. The van der Waals surface area contributed by atoms with Gasteiger partial charge in [-0.1, -0.05) is 26.2 Å². The van der Waals surface area contributed by atoms with Crippen molar-refractivity contribution in [2.75, 3.05) is 0 Å². The summed E-state index contributed by atoms with van der Waals surface area (Å²) < 4.78 is 0. The standard InChI is InChI=1S/C7H15NO/c1-2-3-4-5-6-7-8-9/h7,9H,2-6H2,1H3. The smallest absolute Gasteiger partial charge is 0.0435 e. The van der Waals surface area contributed by atoms with Gasteiger partial charge in [0.25, 0.3) is 0 Å². The number of hydrogen-bond donors (Lipinski definition) is 1. The molecule has 0 amide bonds. The van der Waals surface area contributed by atoms with E-state index < -0.39 is 0 Å².